The highest BCUT2D eigenvalue weighted by Crippen LogP contribution is 2.43. The minimum absolute atomic E-state index is 0.0252. The van der Waals surface area contributed by atoms with E-state index in [0.29, 0.717) is 10.2 Å². The summed E-state index contributed by atoms with van der Waals surface area (Å²) in [7, 11) is 0. The van der Waals surface area contributed by atoms with Gasteiger partial charge in [0, 0.05) is 32.8 Å². The van der Waals surface area contributed by atoms with Gasteiger partial charge in [0.05, 0.1) is 10.3 Å². The highest BCUT2D eigenvalue weighted by atomic mass is 32.1. The average molecular weight is 395 g/mol. The van der Waals surface area contributed by atoms with Crippen molar-refractivity contribution in [2.45, 2.75) is 0 Å². The van der Waals surface area contributed by atoms with Crippen LogP contribution in [0.4, 0.5) is 5.69 Å². The fraction of sp³-hybridized carbons (Fsp3) is 0. The maximum absolute atomic E-state index is 11.8. The predicted octanol–water partition coefficient (Wildman–Crippen LogP) is 4.47. The fourth-order valence-corrected chi connectivity index (χ4v) is 4.82. The Bertz CT molecular complexity index is 1290. The SMILES string of the molecule is N#Cc1c(O)c2c(-c3ccc(-c4ccc([N+](=O)[O-])cc4)s3)csc2[nH]c1=O. The predicted molar refractivity (Wildman–Crippen MR) is 104 cm³/mol. The first-order valence-corrected chi connectivity index (χ1v) is 9.31. The van der Waals surface area contributed by atoms with Crippen LogP contribution in [-0.2, 0) is 0 Å². The Hall–Kier alpha value is -3.48. The van der Waals surface area contributed by atoms with Gasteiger partial charge >= 0.3 is 0 Å². The number of thiophene rings is 2. The summed E-state index contributed by atoms with van der Waals surface area (Å²) in [6.07, 6.45) is 0. The van der Waals surface area contributed by atoms with Gasteiger partial charge in [-0.05, 0) is 29.8 Å². The molecule has 132 valence electrons. The third-order valence-corrected chi connectivity index (χ3v) is 6.13. The van der Waals surface area contributed by atoms with Gasteiger partial charge in [-0.15, -0.1) is 22.7 Å². The number of nitrogens with one attached hydrogen (secondary N) is 1. The lowest BCUT2D eigenvalue weighted by molar-refractivity contribution is -0.384. The third kappa shape index (κ3) is 2.77. The maximum Gasteiger partial charge on any atom is 0.270 e. The summed E-state index contributed by atoms with van der Waals surface area (Å²) in [4.78, 5) is 27.0. The van der Waals surface area contributed by atoms with Gasteiger partial charge in [0.1, 0.15) is 16.6 Å². The van der Waals surface area contributed by atoms with E-state index in [9.17, 15) is 20.0 Å². The smallest absolute Gasteiger partial charge is 0.270 e. The average Bonchev–Trinajstić information content (AvgIpc) is 3.29. The van der Waals surface area contributed by atoms with Crippen LogP contribution in [0.15, 0.2) is 46.6 Å². The summed E-state index contributed by atoms with van der Waals surface area (Å²) in [6.45, 7) is 0. The number of nitrogens with zero attached hydrogens (tertiary/aromatic N) is 2. The van der Waals surface area contributed by atoms with E-state index in [1.165, 1.54) is 34.8 Å². The molecule has 0 spiro atoms. The van der Waals surface area contributed by atoms with Crippen molar-refractivity contribution in [2.24, 2.45) is 0 Å². The van der Waals surface area contributed by atoms with E-state index in [2.05, 4.69) is 4.98 Å². The number of aromatic nitrogens is 1. The maximum atomic E-state index is 11.8. The molecule has 4 rings (SSSR count). The Morgan fingerprint density at radius 3 is 2.52 bits per heavy atom. The Morgan fingerprint density at radius 2 is 1.85 bits per heavy atom. The van der Waals surface area contributed by atoms with Crippen LogP contribution in [0, 0.1) is 21.4 Å². The van der Waals surface area contributed by atoms with E-state index < -0.39 is 10.5 Å². The molecule has 7 nitrogen and oxygen atoms in total. The largest absolute Gasteiger partial charge is 0.506 e. The number of nitriles is 1. The Morgan fingerprint density at radius 1 is 1.15 bits per heavy atom. The molecule has 0 aliphatic carbocycles. The fourth-order valence-electron chi connectivity index (χ4n) is 2.75. The zero-order chi connectivity index (χ0) is 19.1. The molecule has 2 N–H and O–H groups in total. The Balaban J connectivity index is 1.81. The second-order valence-electron chi connectivity index (χ2n) is 5.61. The van der Waals surface area contributed by atoms with Crippen molar-refractivity contribution >= 4 is 38.6 Å². The van der Waals surface area contributed by atoms with Crippen LogP contribution in [0.3, 0.4) is 0 Å². The van der Waals surface area contributed by atoms with Crippen LogP contribution in [0.1, 0.15) is 5.56 Å². The molecule has 4 aromatic rings. The molecule has 0 saturated carbocycles. The van der Waals surface area contributed by atoms with Crippen molar-refractivity contribution in [3.05, 3.63) is 67.8 Å². The summed E-state index contributed by atoms with van der Waals surface area (Å²) in [5, 5.41) is 32.5. The van der Waals surface area contributed by atoms with E-state index in [1.807, 2.05) is 17.5 Å². The lowest BCUT2D eigenvalue weighted by Crippen LogP contribution is -2.09. The van der Waals surface area contributed by atoms with Crippen LogP contribution < -0.4 is 5.56 Å². The zero-order valence-corrected chi connectivity index (χ0v) is 15.1. The second-order valence-corrected chi connectivity index (χ2v) is 7.57. The first kappa shape index (κ1) is 17.0. The number of H-pyrrole nitrogens is 1. The molecule has 0 aliphatic heterocycles. The van der Waals surface area contributed by atoms with E-state index in [0.717, 1.165) is 20.9 Å². The molecule has 0 amide bonds. The first-order valence-electron chi connectivity index (χ1n) is 7.61. The molecular formula is C18H9N3O4S2. The van der Waals surface area contributed by atoms with Crippen molar-refractivity contribution in [2.75, 3.05) is 0 Å². The van der Waals surface area contributed by atoms with E-state index in [-0.39, 0.29) is 17.0 Å². The highest BCUT2D eigenvalue weighted by Gasteiger charge is 2.18. The number of pyridine rings is 1. The Labute approximate surface area is 159 Å². The minimum Gasteiger partial charge on any atom is -0.506 e. The molecule has 0 radical (unpaired) electrons. The van der Waals surface area contributed by atoms with Gasteiger partial charge in [0.15, 0.2) is 5.56 Å². The van der Waals surface area contributed by atoms with Crippen LogP contribution in [0.5, 0.6) is 5.75 Å². The van der Waals surface area contributed by atoms with Gasteiger partial charge in [0.2, 0.25) is 0 Å². The number of hydrogen-bond acceptors (Lipinski definition) is 7. The van der Waals surface area contributed by atoms with Crippen molar-refractivity contribution in [1.82, 2.24) is 4.98 Å². The number of rotatable bonds is 3. The van der Waals surface area contributed by atoms with Crippen LogP contribution >= 0.6 is 22.7 Å². The molecular weight excluding hydrogens is 386 g/mol. The summed E-state index contributed by atoms with van der Waals surface area (Å²) in [5.74, 6) is -0.321. The minimum atomic E-state index is -0.617. The molecule has 0 fully saturated rings. The molecule has 0 aliphatic rings. The van der Waals surface area contributed by atoms with Gasteiger partial charge in [-0.3, -0.25) is 14.9 Å². The van der Waals surface area contributed by atoms with Crippen molar-refractivity contribution in [3.63, 3.8) is 0 Å². The van der Waals surface area contributed by atoms with Gasteiger partial charge in [-0.25, -0.2) is 0 Å². The molecule has 0 atom stereocenters. The molecule has 27 heavy (non-hydrogen) atoms. The van der Waals surface area contributed by atoms with Gasteiger partial charge in [0.25, 0.3) is 11.2 Å². The number of fused-ring (bicyclic) bond motifs is 1. The van der Waals surface area contributed by atoms with Gasteiger partial charge in [-0.1, -0.05) is 0 Å². The van der Waals surface area contributed by atoms with Gasteiger partial charge in [-0.2, -0.15) is 5.26 Å². The lowest BCUT2D eigenvalue weighted by Gasteiger charge is -2.01. The second kappa shape index (κ2) is 6.35. The standard InChI is InChI=1S/C18H9N3O4S2/c19-7-11-16(22)15-12(8-26-18(15)20-17(11)23)14-6-5-13(27-14)9-1-3-10(4-2-9)21(24)25/h1-6,8H,(H2,20,22,23). The summed E-state index contributed by atoms with van der Waals surface area (Å²) in [5.41, 5.74) is 0.658. The molecule has 0 unspecified atom stereocenters. The lowest BCUT2D eigenvalue weighted by atomic mass is 10.1. The quantitative estimate of drug-likeness (QED) is 0.392. The first-order chi connectivity index (χ1) is 13.0. The van der Waals surface area contributed by atoms with Crippen molar-refractivity contribution in [3.8, 4) is 32.7 Å². The summed E-state index contributed by atoms with van der Waals surface area (Å²) in [6, 6.07) is 11.8. The normalized spacial score (nSPS) is 10.8. The zero-order valence-electron chi connectivity index (χ0n) is 13.4. The number of non-ortho nitro benzene ring substituents is 1. The highest BCUT2D eigenvalue weighted by molar-refractivity contribution is 7.20. The number of nitro groups is 1. The number of aromatic amines is 1. The van der Waals surface area contributed by atoms with Crippen molar-refractivity contribution < 1.29 is 10.0 Å². The van der Waals surface area contributed by atoms with Crippen LogP contribution in [-0.4, -0.2) is 15.0 Å². The molecule has 0 saturated heterocycles. The van der Waals surface area contributed by atoms with Crippen LogP contribution in [0.2, 0.25) is 0 Å². The molecule has 0 bridgehead atoms. The van der Waals surface area contributed by atoms with E-state index >= 15 is 0 Å². The summed E-state index contributed by atoms with van der Waals surface area (Å²) < 4.78 is 0. The Kier molecular flexibility index (Phi) is 3.99. The number of hydrogen-bond donors (Lipinski definition) is 2. The molecule has 9 heteroatoms. The molecule has 3 heterocycles. The summed E-state index contributed by atoms with van der Waals surface area (Å²) >= 11 is 2.72. The number of benzene rings is 1. The monoisotopic (exact) mass is 395 g/mol. The van der Waals surface area contributed by atoms with Crippen LogP contribution in [0.25, 0.3) is 31.1 Å². The van der Waals surface area contributed by atoms with E-state index in [4.69, 9.17) is 5.26 Å². The molecule has 3 aromatic heterocycles. The third-order valence-electron chi connectivity index (χ3n) is 4.06. The molecule has 1 aromatic carbocycles. The van der Waals surface area contributed by atoms with Gasteiger partial charge < -0.3 is 10.1 Å². The topological polar surface area (TPSA) is 120 Å². The van der Waals surface area contributed by atoms with Crippen molar-refractivity contribution in [1.29, 1.82) is 5.26 Å². The van der Waals surface area contributed by atoms with E-state index in [1.54, 1.807) is 18.2 Å². The number of nitro benzene ring substituents is 1. The number of aromatic hydroxyl groups is 1.